The Morgan fingerprint density at radius 3 is 2.74 bits per heavy atom. The molecule has 1 unspecified atom stereocenters. The van der Waals surface area contributed by atoms with Gasteiger partial charge in [-0.3, -0.25) is 9.59 Å². The molecule has 2 aliphatic rings. The summed E-state index contributed by atoms with van der Waals surface area (Å²) in [7, 11) is 0. The minimum Gasteiger partial charge on any atom is -0.463 e. The van der Waals surface area contributed by atoms with Gasteiger partial charge in [0.15, 0.2) is 0 Å². The van der Waals surface area contributed by atoms with E-state index in [2.05, 4.69) is 5.32 Å². The third-order valence-corrected chi connectivity index (χ3v) is 3.30. The van der Waals surface area contributed by atoms with Crippen molar-refractivity contribution in [3.63, 3.8) is 0 Å². The maximum atomic E-state index is 12.2. The first-order valence-corrected chi connectivity index (χ1v) is 6.78. The number of carbonyl (C=O) groups is 2. The number of esters is 1. The van der Waals surface area contributed by atoms with E-state index in [0.717, 1.165) is 19.6 Å². The molecule has 1 saturated carbocycles. The Balaban J connectivity index is 0.00000180. The number of amides is 1. The molecule has 1 aliphatic heterocycles. The van der Waals surface area contributed by atoms with Gasteiger partial charge in [-0.05, 0) is 32.6 Å². The molecule has 0 aromatic rings. The van der Waals surface area contributed by atoms with Crippen molar-refractivity contribution in [2.24, 2.45) is 5.92 Å². The third kappa shape index (κ3) is 4.99. The number of nitrogens with zero attached hydrogens (tertiary/aromatic N) is 1. The van der Waals surface area contributed by atoms with Crippen LogP contribution in [0.25, 0.3) is 0 Å². The molecule has 1 aliphatic carbocycles. The number of hydrogen-bond donors (Lipinski definition) is 1. The van der Waals surface area contributed by atoms with Gasteiger partial charge >= 0.3 is 5.97 Å². The normalized spacial score (nSPS) is 23.2. The highest BCUT2D eigenvalue weighted by molar-refractivity contribution is 5.87. The fraction of sp³-hybridized carbons (Fsp3) is 0.846. The maximum Gasteiger partial charge on any atom is 0.308 e. The fourth-order valence-corrected chi connectivity index (χ4v) is 2.22. The highest BCUT2D eigenvalue weighted by Gasteiger charge is 2.34. The summed E-state index contributed by atoms with van der Waals surface area (Å²) in [6.07, 6.45) is 2.48. The van der Waals surface area contributed by atoms with Gasteiger partial charge in [-0.15, -0.1) is 12.4 Å². The van der Waals surface area contributed by atoms with Crippen molar-refractivity contribution in [3.05, 3.63) is 0 Å². The van der Waals surface area contributed by atoms with Crippen molar-refractivity contribution >= 4 is 24.3 Å². The summed E-state index contributed by atoms with van der Waals surface area (Å²) < 4.78 is 5.08. The van der Waals surface area contributed by atoms with Gasteiger partial charge in [0.2, 0.25) is 5.91 Å². The summed E-state index contributed by atoms with van der Waals surface area (Å²) in [5.74, 6) is 0.438. The minimum absolute atomic E-state index is 0. The lowest BCUT2D eigenvalue weighted by Crippen LogP contribution is -2.56. The number of carbonyl (C=O) groups excluding carboxylic acids is 2. The Kier molecular flexibility index (Phi) is 6.07. The van der Waals surface area contributed by atoms with E-state index in [1.54, 1.807) is 0 Å². The first kappa shape index (κ1) is 16.2. The van der Waals surface area contributed by atoms with Crippen LogP contribution in [0.1, 0.15) is 33.1 Å². The molecule has 110 valence electrons. The van der Waals surface area contributed by atoms with E-state index in [4.69, 9.17) is 4.74 Å². The Morgan fingerprint density at radius 1 is 1.47 bits per heavy atom. The Hall–Kier alpha value is -0.810. The van der Waals surface area contributed by atoms with Crippen molar-refractivity contribution in [3.8, 4) is 0 Å². The average molecular weight is 291 g/mol. The zero-order valence-corrected chi connectivity index (χ0v) is 12.4. The van der Waals surface area contributed by atoms with Crippen LogP contribution < -0.4 is 5.32 Å². The molecule has 6 heteroatoms. The first-order chi connectivity index (χ1) is 8.56. The molecule has 0 bridgehead atoms. The fourth-order valence-electron chi connectivity index (χ4n) is 2.22. The van der Waals surface area contributed by atoms with E-state index in [1.165, 1.54) is 12.8 Å². The summed E-state index contributed by atoms with van der Waals surface area (Å²) in [6, 6.07) is -0.399. The lowest BCUT2D eigenvalue weighted by molar-refractivity contribution is -0.151. The monoisotopic (exact) mass is 290 g/mol. The van der Waals surface area contributed by atoms with Crippen LogP contribution in [0.2, 0.25) is 0 Å². The predicted octanol–water partition coefficient (Wildman–Crippen LogP) is 0.960. The second-order valence-electron chi connectivity index (χ2n) is 5.48. The molecule has 0 spiro atoms. The molecular formula is C13H23ClN2O3. The number of nitrogens with one attached hydrogen (secondary N) is 1. The largest absolute Gasteiger partial charge is 0.463 e. The topological polar surface area (TPSA) is 58.6 Å². The van der Waals surface area contributed by atoms with E-state index in [-0.39, 0.29) is 36.8 Å². The van der Waals surface area contributed by atoms with Crippen molar-refractivity contribution < 1.29 is 14.3 Å². The zero-order valence-electron chi connectivity index (χ0n) is 11.6. The highest BCUT2D eigenvalue weighted by atomic mass is 35.5. The van der Waals surface area contributed by atoms with Crippen molar-refractivity contribution in [2.75, 3.05) is 19.6 Å². The Bertz CT molecular complexity index is 332. The van der Waals surface area contributed by atoms with E-state index in [1.807, 2.05) is 18.7 Å². The number of ether oxygens (including phenoxy) is 1. The minimum atomic E-state index is -0.399. The van der Waals surface area contributed by atoms with Crippen LogP contribution >= 0.6 is 12.4 Å². The van der Waals surface area contributed by atoms with E-state index >= 15 is 0 Å². The summed E-state index contributed by atoms with van der Waals surface area (Å²) in [6.45, 7) is 6.00. The van der Waals surface area contributed by atoms with Crippen molar-refractivity contribution in [1.82, 2.24) is 10.2 Å². The molecule has 2 rings (SSSR count). The Morgan fingerprint density at radius 2 is 2.16 bits per heavy atom. The Labute approximate surface area is 120 Å². The maximum absolute atomic E-state index is 12.2. The zero-order chi connectivity index (χ0) is 13.1. The van der Waals surface area contributed by atoms with Crippen LogP contribution in [0.5, 0.6) is 0 Å². The van der Waals surface area contributed by atoms with Gasteiger partial charge < -0.3 is 15.0 Å². The lowest BCUT2D eigenvalue weighted by Gasteiger charge is -2.33. The second-order valence-corrected chi connectivity index (χ2v) is 5.48. The first-order valence-electron chi connectivity index (χ1n) is 6.78. The van der Waals surface area contributed by atoms with Crippen LogP contribution in [0.15, 0.2) is 0 Å². The molecule has 1 atom stereocenters. The van der Waals surface area contributed by atoms with Gasteiger partial charge in [-0.2, -0.15) is 0 Å². The third-order valence-electron chi connectivity index (χ3n) is 3.30. The molecule has 19 heavy (non-hydrogen) atoms. The molecular weight excluding hydrogens is 268 g/mol. The molecule has 1 heterocycles. The number of piperazine rings is 1. The second kappa shape index (κ2) is 7.10. The molecule has 1 saturated heterocycles. The van der Waals surface area contributed by atoms with Crippen molar-refractivity contribution in [2.45, 2.75) is 45.3 Å². The highest BCUT2D eigenvalue weighted by Crippen LogP contribution is 2.30. The van der Waals surface area contributed by atoms with Gasteiger partial charge in [-0.1, -0.05) is 0 Å². The number of hydrogen-bond acceptors (Lipinski definition) is 4. The predicted molar refractivity (Wildman–Crippen MR) is 74.2 cm³/mol. The van der Waals surface area contributed by atoms with Crippen LogP contribution in [0, 0.1) is 5.92 Å². The molecule has 0 radical (unpaired) electrons. The van der Waals surface area contributed by atoms with Gasteiger partial charge in [0, 0.05) is 19.6 Å². The van der Waals surface area contributed by atoms with Crippen LogP contribution in [0.3, 0.4) is 0 Å². The quantitative estimate of drug-likeness (QED) is 0.766. The molecule has 1 amide bonds. The van der Waals surface area contributed by atoms with Gasteiger partial charge in [-0.25, -0.2) is 0 Å². The molecule has 0 aromatic carbocycles. The van der Waals surface area contributed by atoms with Gasteiger partial charge in [0.05, 0.1) is 18.6 Å². The molecule has 5 nitrogen and oxygen atoms in total. The van der Waals surface area contributed by atoms with E-state index < -0.39 is 6.04 Å². The smallest absolute Gasteiger partial charge is 0.308 e. The molecule has 1 N–H and O–H groups in total. The summed E-state index contributed by atoms with van der Waals surface area (Å²) >= 11 is 0. The SMILES string of the molecule is CC(C)OC(=O)CC1NCCN(CC2CC2)C1=O.Cl. The number of halogens is 1. The van der Waals surface area contributed by atoms with Gasteiger partial charge in [0.1, 0.15) is 0 Å². The average Bonchev–Trinajstić information content (AvgIpc) is 3.06. The van der Waals surface area contributed by atoms with E-state index in [9.17, 15) is 9.59 Å². The molecule has 2 fully saturated rings. The van der Waals surface area contributed by atoms with Gasteiger partial charge in [0.25, 0.3) is 0 Å². The summed E-state index contributed by atoms with van der Waals surface area (Å²) in [5, 5.41) is 3.10. The van der Waals surface area contributed by atoms with Crippen molar-refractivity contribution in [1.29, 1.82) is 0 Å². The van der Waals surface area contributed by atoms with Crippen LogP contribution in [-0.2, 0) is 14.3 Å². The van der Waals surface area contributed by atoms with E-state index in [0.29, 0.717) is 5.92 Å². The van der Waals surface area contributed by atoms with Crippen LogP contribution in [-0.4, -0.2) is 48.6 Å². The lowest BCUT2D eigenvalue weighted by atomic mass is 10.1. The standard InChI is InChI=1S/C13H22N2O3.ClH/c1-9(2)18-12(16)7-11-13(17)15(6-5-14-11)8-10-3-4-10;/h9-11,14H,3-8H2,1-2H3;1H. The van der Waals surface area contributed by atoms with Crippen LogP contribution in [0.4, 0.5) is 0 Å². The molecule has 0 aromatic heterocycles. The number of rotatable bonds is 5. The summed E-state index contributed by atoms with van der Waals surface area (Å²) in [5.41, 5.74) is 0. The summed E-state index contributed by atoms with van der Waals surface area (Å²) in [4.78, 5) is 25.6.